The Bertz CT molecular complexity index is 701. The second-order valence-electron chi connectivity index (χ2n) is 5.13. The Morgan fingerprint density at radius 2 is 1.82 bits per heavy atom. The molecule has 0 radical (unpaired) electrons. The first kappa shape index (κ1) is 15.6. The molecule has 0 aromatic heterocycles. The first-order valence-corrected chi connectivity index (χ1v) is 6.85. The number of aromatic hydroxyl groups is 2. The van der Waals surface area contributed by atoms with Crippen molar-refractivity contribution in [2.24, 2.45) is 5.10 Å². The summed E-state index contributed by atoms with van der Waals surface area (Å²) in [6, 6.07) is 9.82. The molecule has 0 saturated heterocycles. The molecule has 0 unspecified atom stereocenters. The number of carbonyl (C=O) groups excluding carboxylic acids is 1. The van der Waals surface area contributed by atoms with Crippen molar-refractivity contribution in [1.82, 2.24) is 5.43 Å². The van der Waals surface area contributed by atoms with Gasteiger partial charge in [0, 0.05) is 5.56 Å². The summed E-state index contributed by atoms with van der Waals surface area (Å²) in [7, 11) is 0. The zero-order valence-corrected chi connectivity index (χ0v) is 12.5. The molecule has 5 nitrogen and oxygen atoms in total. The summed E-state index contributed by atoms with van der Waals surface area (Å²) in [6.45, 7) is 3.73. The molecule has 0 fully saturated rings. The van der Waals surface area contributed by atoms with Gasteiger partial charge in [0.1, 0.15) is 11.5 Å². The average Bonchev–Trinajstić information content (AvgIpc) is 2.41. The highest BCUT2D eigenvalue weighted by atomic mass is 16.3. The molecule has 0 aliphatic heterocycles. The monoisotopic (exact) mass is 298 g/mol. The summed E-state index contributed by atoms with van der Waals surface area (Å²) in [5, 5.41) is 22.8. The smallest absolute Gasteiger partial charge is 0.244 e. The van der Waals surface area contributed by atoms with Crippen molar-refractivity contribution in [3.63, 3.8) is 0 Å². The molecule has 5 heteroatoms. The lowest BCUT2D eigenvalue weighted by atomic mass is 10.0. The Morgan fingerprint density at radius 1 is 1.14 bits per heavy atom. The van der Waals surface area contributed by atoms with Crippen LogP contribution >= 0.6 is 0 Å². The minimum absolute atomic E-state index is 0.129. The number of hydrazone groups is 1. The topological polar surface area (TPSA) is 81.9 Å². The lowest BCUT2D eigenvalue weighted by Gasteiger charge is -2.06. The van der Waals surface area contributed by atoms with Crippen LogP contribution in [0.3, 0.4) is 0 Å². The standard InChI is InChI=1S/C17H18N2O3/c1-11-6-15(21)7-12(2)16(11)10-18-19-17(22)9-13-4-3-5-14(20)8-13/h3-8,10,20-21H,9H2,1-2H3,(H,19,22). The van der Waals surface area contributed by atoms with E-state index in [9.17, 15) is 15.0 Å². The van der Waals surface area contributed by atoms with E-state index in [0.717, 1.165) is 16.7 Å². The van der Waals surface area contributed by atoms with E-state index < -0.39 is 0 Å². The van der Waals surface area contributed by atoms with Crippen LogP contribution in [0.1, 0.15) is 22.3 Å². The molecule has 1 amide bonds. The second-order valence-corrected chi connectivity index (χ2v) is 5.13. The number of benzene rings is 2. The molecular formula is C17H18N2O3. The van der Waals surface area contributed by atoms with Gasteiger partial charge in [0.05, 0.1) is 12.6 Å². The molecule has 3 N–H and O–H groups in total. The SMILES string of the molecule is Cc1cc(O)cc(C)c1C=NNC(=O)Cc1cccc(O)c1. The molecule has 22 heavy (non-hydrogen) atoms. The number of nitrogens with one attached hydrogen (secondary N) is 1. The molecule has 114 valence electrons. The van der Waals surface area contributed by atoms with Gasteiger partial charge in [0.15, 0.2) is 0 Å². The van der Waals surface area contributed by atoms with Crippen molar-refractivity contribution in [3.8, 4) is 11.5 Å². The molecule has 0 saturated carbocycles. The summed E-state index contributed by atoms with van der Waals surface area (Å²) in [5.74, 6) is 0.0696. The van der Waals surface area contributed by atoms with Gasteiger partial charge in [0.25, 0.3) is 0 Å². The van der Waals surface area contributed by atoms with Crippen LogP contribution in [0.25, 0.3) is 0 Å². The van der Waals surface area contributed by atoms with Crippen LogP contribution in [-0.2, 0) is 11.2 Å². The fourth-order valence-corrected chi connectivity index (χ4v) is 2.22. The lowest BCUT2D eigenvalue weighted by molar-refractivity contribution is -0.120. The van der Waals surface area contributed by atoms with Crippen molar-refractivity contribution in [2.75, 3.05) is 0 Å². The van der Waals surface area contributed by atoms with Crippen molar-refractivity contribution in [1.29, 1.82) is 0 Å². The highest BCUT2D eigenvalue weighted by Crippen LogP contribution is 2.19. The third kappa shape index (κ3) is 4.09. The summed E-state index contributed by atoms with van der Waals surface area (Å²) in [5.41, 5.74) is 5.78. The molecular weight excluding hydrogens is 280 g/mol. The number of amides is 1. The van der Waals surface area contributed by atoms with Crippen LogP contribution in [-0.4, -0.2) is 22.3 Å². The number of rotatable bonds is 4. The Kier molecular flexibility index (Phi) is 4.78. The summed E-state index contributed by atoms with van der Waals surface area (Å²) < 4.78 is 0. The van der Waals surface area contributed by atoms with Gasteiger partial charge in [-0.3, -0.25) is 4.79 Å². The first-order chi connectivity index (χ1) is 10.5. The third-order valence-corrected chi connectivity index (χ3v) is 3.24. The predicted molar refractivity (Wildman–Crippen MR) is 85.1 cm³/mol. The van der Waals surface area contributed by atoms with E-state index in [0.29, 0.717) is 5.56 Å². The van der Waals surface area contributed by atoms with Gasteiger partial charge in [-0.25, -0.2) is 5.43 Å². The highest BCUT2D eigenvalue weighted by molar-refractivity contribution is 5.86. The maximum atomic E-state index is 11.8. The van der Waals surface area contributed by atoms with Crippen LogP contribution in [0.2, 0.25) is 0 Å². The second kappa shape index (κ2) is 6.76. The number of phenolic OH excluding ortho intramolecular Hbond substituents is 2. The normalized spacial score (nSPS) is 10.8. The van der Waals surface area contributed by atoms with Gasteiger partial charge in [-0.05, 0) is 54.8 Å². The third-order valence-electron chi connectivity index (χ3n) is 3.24. The van der Waals surface area contributed by atoms with Crippen LogP contribution in [0.15, 0.2) is 41.5 Å². The zero-order chi connectivity index (χ0) is 16.1. The molecule has 0 spiro atoms. The first-order valence-electron chi connectivity index (χ1n) is 6.85. The quantitative estimate of drug-likeness (QED) is 0.599. The van der Waals surface area contributed by atoms with Gasteiger partial charge >= 0.3 is 0 Å². The Balaban J connectivity index is 1.99. The Labute approximate surface area is 128 Å². The average molecular weight is 298 g/mol. The van der Waals surface area contributed by atoms with Gasteiger partial charge < -0.3 is 10.2 Å². The molecule has 0 bridgehead atoms. The minimum Gasteiger partial charge on any atom is -0.508 e. The summed E-state index contributed by atoms with van der Waals surface area (Å²) in [4.78, 5) is 11.8. The molecule has 2 rings (SSSR count). The fraction of sp³-hybridized carbons (Fsp3) is 0.176. The van der Waals surface area contributed by atoms with Crippen molar-refractivity contribution >= 4 is 12.1 Å². The van der Waals surface area contributed by atoms with E-state index in [1.807, 2.05) is 13.8 Å². The predicted octanol–water partition coefficient (Wildman–Crippen LogP) is 2.41. The number of phenols is 2. The van der Waals surface area contributed by atoms with Gasteiger partial charge in [-0.2, -0.15) is 5.10 Å². The summed E-state index contributed by atoms with van der Waals surface area (Å²) in [6.07, 6.45) is 1.70. The maximum absolute atomic E-state index is 11.8. The van der Waals surface area contributed by atoms with E-state index in [-0.39, 0.29) is 23.8 Å². The Morgan fingerprint density at radius 3 is 2.45 bits per heavy atom. The number of hydrogen-bond donors (Lipinski definition) is 3. The largest absolute Gasteiger partial charge is 0.508 e. The van der Waals surface area contributed by atoms with E-state index in [4.69, 9.17) is 0 Å². The van der Waals surface area contributed by atoms with Gasteiger partial charge in [-0.1, -0.05) is 12.1 Å². The molecule has 0 heterocycles. The molecule has 0 aliphatic carbocycles. The molecule has 0 atom stereocenters. The van der Waals surface area contributed by atoms with Gasteiger partial charge in [-0.15, -0.1) is 0 Å². The van der Waals surface area contributed by atoms with Gasteiger partial charge in [0.2, 0.25) is 5.91 Å². The van der Waals surface area contributed by atoms with Crippen LogP contribution < -0.4 is 5.43 Å². The van der Waals surface area contributed by atoms with Crippen molar-refractivity contribution < 1.29 is 15.0 Å². The maximum Gasteiger partial charge on any atom is 0.244 e. The summed E-state index contributed by atoms with van der Waals surface area (Å²) >= 11 is 0. The molecule has 0 aliphatic rings. The van der Waals surface area contributed by atoms with E-state index in [1.54, 1.807) is 36.5 Å². The highest BCUT2D eigenvalue weighted by Gasteiger charge is 2.04. The van der Waals surface area contributed by atoms with E-state index in [1.165, 1.54) is 6.07 Å². The van der Waals surface area contributed by atoms with E-state index >= 15 is 0 Å². The Hall–Kier alpha value is -2.82. The molecule has 2 aromatic rings. The van der Waals surface area contributed by atoms with Crippen LogP contribution in [0, 0.1) is 13.8 Å². The van der Waals surface area contributed by atoms with Crippen molar-refractivity contribution in [2.45, 2.75) is 20.3 Å². The number of hydrogen-bond acceptors (Lipinski definition) is 4. The number of nitrogens with zero attached hydrogens (tertiary/aromatic N) is 1. The fourth-order valence-electron chi connectivity index (χ4n) is 2.22. The van der Waals surface area contributed by atoms with Crippen LogP contribution in [0.4, 0.5) is 0 Å². The number of aryl methyl sites for hydroxylation is 2. The lowest BCUT2D eigenvalue weighted by Crippen LogP contribution is -2.19. The number of carbonyl (C=O) groups is 1. The van der Waals surface area contributed by atoms with Crippen LogP contribution in [0.5, 0.6) is 11.5 Å². The van der Waals surface area contributed by atoms with E-state index in [2.05, 4.69) is 10.5 Å². The minimum atomic E-state index is -0.268. The zero-order valence-electron chi connectivity index (χ0n) is 12.5. The molecule has 2 aromatic carbocycles. The van der Waals surface area contributed by atoms with Crippen molar-refractivity contribution in [3.05, 3.63) is 58.7 Å².